The summed E-state index contributed by atoms with van der Waals surface area (Å²) in [6.45, 7) is 9.15. The third-order valence-electron chi connectivity index (χ3n) is 6.51. The molecule has 1 aliphatic rings. The number of ketones is 1. The molecule has 0 unspecified atom stereocenters. The maximum atomic E-state index is 13.5. The van der Waals surface area contributed by atoms with Gasteiger partial charge in [0.1, 0.15) is 11.6 Å². The molecule has 1 amide bonds. The van der Waals surface area contributed by atoms with E-state index < -0.39 is 0 Å². The summed E-state index contributed by atoms with van der Waals surface area (Å²) in [5, 5.41) is 0. The van der Waals surface area contributed by atoms with Gasteiger partial charge in [0.2, 0.25) is 0 Å². The van der Waals surface area contributed by atoms with Crippen LogP contribution in [0.15, 0.2) is 66.7 Å². The van der Waals surface area contributed by atoms with Crippen LogP contribution in [-0.2, 0) is 16.8 Å². The van der Waals surface area contributed by atoms with E-state index in [1.54, 1.807) is 23.1 Å². The number of ether oxygens (including phenoxy) is 1. The van der Waals surface area contributed by atoms with E-state index in [0.717, 1.165) is 22.4 Å². The Labute approximate surface area is 205 Å². The van der Waals surface area contributed by atoms with Gasteiger partial charge in [0, 0.05) is 17.7 Å². The maximum absolute atomic E-state index is 13.5. The molecule has 0 fully saturated rings. The van der Waals surface area contributed by atoms with Gasteiger partial charge in [-0.05, 0) is 48.2 Å². The minimum Gasteiger partial charge on any atom is -0.482 e. The number of para-hydroxylation sites is 2. The minimum atomic E-state index is -0.105. The molecule has 178 valence electrons. The standard InChI is InChI=1S/C29H29N3O3/c1-5-31-24-16-20(12-15-26(24)35-18-27(31)34)25(33)17-32-23-9-7-6-8-22(23)30-28(32)19-10-13-21(14-11-19)29(2,3)4/h6-16H,5,17-18H2,1-4H3. The Hall–Kier alpha value is -3.93. The highest BCUT2D eigenvalue weighted by molar-refractivity contribution is 6.02. The van der Waals surface area contributed by atoms with Gasteiger partial charge in [-0.15, -0.1) is 0 Å². The Balaban J connectivity index is 1.53. The van der Waals surface area contributed by atoms with E-state index in [-0.39, 0.29) is 30.3 Å². The Morgan fingerprint density at radius 2 is 1.77 bits per heavy atom. The second-order valence-corrected chi connectivity index (χ2v) is 9.87. The Morgan fingerprint density at radius 1 is 1.03 bits per heavy atom. The van der Waals surface area contributed by atoms with Crippen molar-refractivity contribution in [3.05, 3.63) is 77.9 Å². The molecule has 0 atom stereocenters. The molecule has 2 heterocycles. The van der Waals surface area contributed by atoms with Crippen LogP contribution in [0.2, 0.25) is 0 Å². The van der Waals surface area contributed by atoms with Crippen LogP contribution in [-0.4, -0.2) is 34.4 Å². The quantitative estimate of drug-likeness (QED) is 0.357. The molecule has 0 saturated heterocycles. The SMILES string of the molecule is CCN1C(=O)COc2ccc(C(=O)Cn3c(-c4ccc(C(C)(C)C)cc4)nc4ccccc43)cc21. The lowest BCUT2D eigenvalue weighted by atomic mass is 9.87. The number of nitrogens with zero attached hydrogens (tertiary/aromatic N) is 3. The molecule has 0 N–H and O–H groups in total. The molecular formula is C29H29N3O3. The van der Waals surface area contributed by atoms with Gasteiger partial charge in [0.25, 0.3) is 5.91 Å². The van der Waals surface area contributed by atoms with Crippen LogP contribution >= 0.6 is 0 Å². The summed E-state index contributed by atoms with van der Waals surface area (Å²) in [6.07, 6.45) is 0. The fourth-order valence-corrected chi connectivity index (χ4v) is 4.53. The van der Waals surface area contributed by atoms with E-state index in [9.17, 15) is 9.59 Å². The third kappa shape index (κ3) is 4.20. The lowest BCUT2D eigenvalue weighted by molar-refractivity contribution is -0.121. The van der Waals surface area contributed by atoms with Crippen molar-refractivity contribution in [3.8, 4) is 17.1 Å². The number of benzene rings is 3. The van der Waals surface area contributed by atoms with Gasteiger partial charge in [0.15, 0.2) is 12.4 Å². The van der Waals surface area contributed by atoms with Crippen molar-refractivity contribution in [3.63, 3.8) is 0 Å². The number of carbonyl (C=O) groups excluding carboxylic acids is 2. The van der Waals surface area contributed by atoms with Crippen molar-refractivity contribution in [2.45, 2.75) is 39.7 Å². The zero-order valence-corrected chi connectivity index (χ0v) is 20.5. The van der Waals surface area contributed by atoms with Crippen molar-refractivity contribution in [1.29, 1.82) is 0 Å². The fourth-order valence-electron chi connectivity index (χ4n) is 4.53. The van der Waals surface area contributed by atoms with Gasteiger partial charge in [-0.1, -0.05) is 57.2 Å². The zero-order valence-electron chi connectivity index (χ0n) is 20.5. The van der Waals surface area contributed by atoms with Crippen molar-refractivity contribution in [1.82, 2.24) is 9.55 Å². The predicted octanol–water partition coefficient (Wildman–Crippen LogP) is 5.63. The lowest BCUT2D eigenvalue weighted by Gasteiger charge is -2.28. The highest BCUT2D eigenvalue weighted by atomic mass is 16.5. The number of imidazole rings is 1. The van der Waals surface area contributed by atoms with E-state index in [1.165, 1.54) is 5.56 Å². The van der Waals surface area contributed by atoms with Gasteiger partial charge in [-0.3, -0.25) is 9.59 Å². The molecule has 0 radical (unpaired) electrons. The van der Waals surface area contributed by atoms with Gasteiger partial charge < -0.3 is 14.2 Å². The molecule has 35 heavy (non-hydrogen) atoms. The van der Waals surface area contributed by atoms with E-state index in [0.29, 0.717) is 23.5 Å². The largest absolute Gasteiger partial charge is 0.482 e. The van der Waals surface area contributed by atoms with Crippen LogP contribution in [0.4, 0.5) is 5.69 Å². The molecule has 6 heteroatoms. The average Bonchev–Trinajstić information content (AvgIpc) is 3.21. The zero-order chi connectivity index (χ0) is 24.7. The Kier molecular flexibility index (Phi) is 5.67. The van der Waals surface area contributed by atoms with Gasteiger partial charge in [-0.25, -0.2) is 4.98 Å². The molecule has 3 aromatic carbocycles. The number of hydrogen-bond donors (Lipinski definition) is 0. The minimum absolute atomic E-state index is 0.0204. The third-order valence-corrected chi connectivity index (χ3v) is 6.51. The maximum Gasteiger partial charge on any atom is 0.265 e. The number of fused-ring (bicyclic) bond motifs is 2. The molecule has 0 aliphatic carbocycles. The smallest absolute Gasteiger partial charge is 0.265 e. The summed E-state index contributed by atoms with van der Waals surface area (Å²) in [4.78, 5) is 32.3. The van der Waals surface area contributed by atoms with E-state index in [1.807, 2.05) is 35.8 Å². The molecule has 5 rings (SSSR count). The summed E-state index contributed by atoms with van der Waals surface area (Å²) in [5.74, 6) is 1.21. The average molecular weight is 468 g/mol. The number of amides is 1. The van der Waals surface area contributed by atoms with Gasteiger partial charge >= 0.3 is 0 Å². The summed E-state index contributed by atoms with van der Waals surface area (Å²) >= 11 is 0. The highest BCUT2D eigenvalue weighted by Crippen LogP contribution is 2.34. The molecule has 0 saturated carbocycles. The molecule has 0 bridgehead atoms. The van der Waals surface area contributed by atoms with Gasteiger partial charge in [0.05, 0.1) is 23.3 Å². The first-order valence-corrected chi connectivity index (χ1v) is 11.9. The first-order valence-electron chi connectivity index (χ1n) is 11.9. The second-order valence-electron chi connectivity index (χ2n) is 9.87. The molecule has 6 nitrogen and oxygen atoms in total. The number of hydrogen-bond acceptors (Lipinski definition) is 4. The Bertz CT molecular complexity index is 1430. The number of Topliss-reactive ketones (excluding diaryl/α,β-unsaturated/α-hetero) is 1. The highest BCUT2D eigenvalue weighted by Gasteiger charge is 2.26. The first-order chi connectivity index (χ1) is 16.8. The Morgan fingerprint density at radius 3 is 2.49 bits per heavy atom. The summed E-state index contributed by atoms with van der Waals surface area (Å²) in [5.41, 5.74) is 5.18. The van der Waals surface area contributed by atoms with Crippen molar-refractivity contribution in [2.24, 2.45) is 0 Å². The number of likely N-dealkylation sites (N-methyl/N-ethyl adjacent to an activating group) is 1. The van der Waals surface area contributed by atoms with E-state index in [2.05, 4.69) is 45.0 Å². The van der Waals surface area contributed by atoms with Crippen molar-refractivity contribution >= 4 is 28.4 Å². The molecular weight excluding hydrogens is 438 g/mol. The van der Waals surface area contributed by atoms with Gasteiger partial charge in [-0.2, -0.15) is 0 Å². The molecule has 1 aliphatic heterocycles. The predicted molar refractivity (Wildman–Crippen MR) is 138 cm³/mol. The lowest BCUT2D eigenvalue weighted by Crippen LogP contribution is -2.38. The topological polar surface area (TPSA) is 64.4 Å². The monoisotopic (exact) mass is 467 g/mol. The van der Waals surface area contributed by atoms with Crippen LogP contribution in [0.3, 0.4) is 0 Å². The van der Waals surface area contributed by atoms with Crippen LogP contribution in [0.5, 0.6) is 5.75 Å². The summed E-state index contributed by atoms with van der Waals surface area (Å²) in [7, 11) is 0. The molecule has 4 aromatic rings. The van der Waals surface area contributed by atoms with E-state index >= 15 is 0 Å². The van der Waals surface area contributed by atoms with Crippen LogP contribution in [0.1, 0.15) is 43.6 Å². The van der Waals surface area contributed by atoms with Crippen LogP contribution < -0.4 is 9.64 Å². The molecule has 0 spiro atoms. The van der Waals surface area contributed by atoms with Crippen LogP contribution in [0.25, 0.3) is 22.4 Å². The second kappa shape index (κ2) is 8.69. The first kappa shape index (κ1) is 22.8. The fraction of sp³-hybridized carbons (Fsp3) is 0.276. The van der Waals surface area contributed by atoms with Crippen LogP contribution in [0, 0.1) is 0 Å². The molecule has 1 aromatic heterocycles. The van der Waals surface area contributed by atoms with E-state index in [4.69, 9.17) is 9.72 Å². The number of aromatic nitrogens is 2. The van der Waals surface area contributed by atoms with Crippen molar-refractivity contribution < 1.29 is 14.3 Å². The number of anilines is 1. The normalized spacial score (nSPS) is 13.6. The number of carbonyl (C=O) groups is 2. The number of rotatable bonds is 5. The summed E-state index contributed by atoms with van der Waals surface area (Å²) in [6, 6.07) is 21.6. The van der Waals surface area contributed by atoms with Crippen molar-refractivity contribution in [2.75, 3.05) is 18.1 Å². The summed E-state index contributed by atoms with van der Waals surface area (Å²) < 4.78 is 7.53.